The first-order valence-corrected chi connectivity index (χ1v) is 9.08. The zero-order chi connectivity index (χ0) is 22.4. The Balaban J connectivity index is 1.65. The molecule has 1 heterocycles. The molecule has 0 radical (unpaired) electrons. The highest BCUT2D eigenvalue weighted by molar-refractivity contribution is 6.05. The maximum absolute atomic E-state index is 12.8. The second-order valence-electron chi connectivity index (χ2n) is 6.60. The number of nitrogens with one attached hydrogen (secondary N) is 2. The molecule has 0 saturated heterocycles. The van der Waals surface area contributed by atoms with Gasteiger partial charge in [-0.1, -0.05) is 12.1 Å². The third-order valence-electron chi connectivity index (χ3n) is 4.19. The molecule has 7 nitrogen and oxygen atoms in total. The molecule has 0 fully saturated rings. The number of nitrogens with zero attached hydrogens (tertiary/aromatic N) is 3. The van der Waals surface area contributed by atoms with Gasteiger partial charge in [0.05, 0.1) is 24.0 Å². The summed E-state index contributed by atoms with van der Waals surface area (Å²) in [4.78, 5) is 34.3. The molecule has 3 aromatic rings. The van der Waals surface area contributed by atoms with E-state index >= 15 is 0 Å². The number of anilines is 2. The molecule has 1 aromatic heterocycles. The molecule has 31 heavy (non-hydrogen) atoms. The van der Waals surface area contributed by atoms with Gasteiger partial charge in [-0.3, -0.25) is 14.8 Å². The van der Waals surface area contributed by atoms with E-state index in [0.717, 1.165) is 12.1 Å². The minimum atomic E-state index is -4.51. The number of carbonyl (C=O) groups excluding carboxylic acids is 2. The highest BCUT2D eigenvalue weighted by Gasteiger charge is 2.30. The summed E-state index contributed by atoms with van der Waals surface area (Å²) >= 11 is 0. The van der Waals surface area contributed by atoms with E-state index in [9.17, 15) is 22.8 Å². The second-order valence-corrected chi connectivity index (χ2v) is 6.60. The Labute approximate surface area is 175 Å². The van der Waals surface area contributed by atoms with E-state index in [1.54, 1.807) is 25.4 Å². The summed E-state index contributed by atoms with van der Waals surface area (Å²) in [5, 5.41) is 5.09. The van der Waals surface area contributed by atoms with Crippen LogP contribution in [0.1, 0.15) is 21.6 Å². The van der Waals surface area contributed by atoms with Crippen molar-refractivity contribution in [1.29, 1.82) is 0 Å². The quantitative estimate of drug-likeness (QED) is 0.629. The van der Waals surface area contributed by atoms with Gasteiger partial charge >= 0.3 is 12.2 Å². The smallest absolute Gasteiger partial charge is 0.322 e. The van der Waals surface area contributed by atoms with Crippen LogP contribution >= 0.6 is 0 Å². The van der Waals surface area contributed by atoms with Crippen LogP contribution in [0.2, 0.25) is 0 Å². The number of alkyl halides is 3. The van der Waals surface area contributed by atoms with Crippen molar-refractivity contribution in [3.8, 4) is 0 Å². The monoisotopic (exact) mass is 429 g/mol. The lowest BCUT2D eigenvalue weighted by Gasteiger charge is -2.17. The fourth-order valence-electron chi connectivity index (χ4n) is 2.66. The van der Waals surface area contributed by atoms with E-state index < -0.39 is 23.7 Å². The molecule has 0 spiro atoms. The fourth-order valence-corrected chi connectivity index (χ4v) is 2.66. The predicted octanol–water partition coefficient (Wildman–Crippen LogP) is 4.41. The van der Waals surface area contributed by atoms with Crippen molar-refractivity contribution in [2.24, 2.45) is 0 Å². The van der Waals surface area contributed by atoms with Crippen molar-refractivity contribution in [3.05, 3.63) is 83.9 Å². The normalized spacial score (nSPS) is 11.0. The molecular formula is C21H18F3N5O2. The second kappa shape index (κ2) is 9.24. The Hall–Kier alpha value is -3.95. The number of benzene rings is 2. The van der Waals surface area contributed by atoms with Crippen LogP contribution in [-0.2, 0) is 12.7 Å². The number of aromatic nitrogens is 2. The molecule has 0 atom stereocenters. The highest BCUT2D eigenvalue weighted by Crippen LogP contribution is 2.30. The Morgan fingerprint density at radius 3 is 2.39 bits per heavy atom. The minimum Gasteiger partial charge on any atom is -0.322 e. The largest absolute Gasteiger partial charge is 0.416 e. The zero-order valence-electron chi connectivity index (χ0n) is 16.3. The van der Waals surface area contributed by atoms with Crippen molar-refractivity contribution in [1.82, 2.24) is 14.9 Å². The van der Waals surface area contributed by atoms with E-state index in [0.29, 0.717) is 11.4 Å². The summed E-state index contributed by atoms with van der Waals surface area (Å²) in [7, 11) is 1.58. The first kappa shape index (κ1) is 21.8. The molecule has 3 amide bonds. The van der Waals surface area contributed by atoms with Gasteiger partial charge in [0, 0.05) is 36.4 Å². The topological polar surface area (TPSA) is 87.2 Å². The molecule has 160 valence electrons. The Kier molecular flexibility index (Phi) is 6.49. The number of carbonyl (C=O) groups is 2. The Morgan fingerprint density at radius 2 is 1.71 bits per heavy atom. The number of halogens is 3. The summed E-state index contributed by atoms with van der Waals surface area (Å²) in [6.07, 6.45) is 0.0812. The first-order valence-electron chi connectivity index (χ1n) is 9.08. The van der Waals surface area contributed by atoms with E-state index in [-0.39, 0.29) is 17.8 Å². The highest BCUT2D eigenvalue weighted by atomic mass is 19.4. The van der Waals surface area contributed by atoms with E-state index in [1.807, 2.05) is 0 Å². The van der Waals surface area contributed by atoms with Crippen LogP contribution in [0, 0.1) is 0 Å². The van der Waals surface area contributed by atoms with Crippen molar-refractivity contribution in [3.63, 3.8) is 0 Å². The summed E-state index contributed by atoms with van der Waals surface area (Å²) in [5.74, 6) is -0.608. The maximum atomic E-state index is 12.8. The Morgan fingerprint density at radius 1 is 1.00 bits per heavy atom. The van der Waals surface area contributed by atoms with Crippen LogP contribution in [0.5, 0.6) is 0 Å². The molecule has 10 heteroatoms. The fraction of sp³-hybridized carbons (Fsp3) is 0.143. The zero-order valence-corrected chi connectivity index (χ0v) is 16.3. The lowest BCUT2D eigenvalue weighted by atomic mass is 10.1. The predicted molar refractivity (Wildman–Crippen MR) is 108 cm³/mol. The van der Waals surface area contributed by atoms with E-state index in [4.69, 9.17) is 0 Å². The lowest BCUT2D eigenvalue weighted by Crippen LogP contribution is -2.31. The third-order valence-corrected chi connectivity index (χ3v) is 4.19. The van der Waals surface area contributed by atoms with Gasteiger partial charge in [-0.2, -0.15) is 13.2 Å². The number of hydrogen-bond acceptors (Lipinski definition) is 4. The molecule has 0 aliphatic heterocycles. The average molecular weight is 429 g/mol. The first-order chi connectivity index (χ1) is 14.7. The number of hydrogen-bond donors (Lipinski definition) is 2. The number of urea groups is 1. The maximum Gasteiger partial charge on any atom is 0.416 e. The van der Waals surface area contributed by atoms with Gasteiger partial charge < -0.3 is 15.5 Å². The van der Waals surface area contributed by atoms with Crippen LogP contribution in [-0.4, -0.2) is 33.9 Å². The summed E-state index contributed by atoms with van der Waals surface area (Å²) in [6, 6.07) is 9.98. The minimum absolute atomic E-state index is 0.0120. The van der Waals surface area contributed by atoms with Gasteiger partial charge in [0.2, 0.25) is 0 Å². The molecule has 2 N–H and O–H groups in total. The molecule has 0 bridgehead atoms. The number of amides is 3. The van der Waals surface area contributed by atoms with Gasteiger partial charge in [-0.15, -0.1) is 0 Å². The standard InChI is InChI=1S/C21H18F3N5O2/c1-29(13-18-12-25-8-9-26-18)20(31)28-16-6-2-4-14(10-16)19(30)27-17-7-3-5-15(11-17)21(22,23)24/h2-12H,13H2,1H3,(H,27,30)(H,28,31). The van der Waals surface area contributed by atoms with Gasteiger partial charge in [0.25, 0.3) is 5.91 Å². The van der Waals surface area contributed by atoms with Gasteiger partial charge in [0.1, 0.15) is 0 Å². The molecular weight excluding hydrogens is 411 g/mol. The van der Waals surface area contributed by atoms with Gasteiger partial charge in [-0.25, -0.2) is 4.79 Å². The van der Waals surface area contributed by atoms with E-state index in [1.165, 1.54) is 41.6 Å². The average Bonchev–Trinajstić information content (AvgIpc) is 2.74. The van der Waals surface area contributed by atoms with Crippen LogP contribution in [0.4, 0.5) is 29.3 Å². The van der Waals surface area contributed by atoms with E-state index in [2.05, 4.69) is 20.6 Å². The molecule has 2 aromatic carbocycles. The molecule has 0 saturated carbocycles. The molecule has 0 unspecified atom stereocenters. The van der Waals surface area contributed by atoms with Crippen molar-refractivity contribution in [2.45, 2.75) is 12.7 Å². The van der Waals surface area contributed by atoms with Crippen molar-refractivity contribution >= 4 is 23.3 Å². The van der Waals surface area contributed by atoms with Crippen LogP contribution < -0.4 is 10.6 Å². The molecule has 3 rings (SSSR count). The van der Waals surface area contributed by atoms with Crippen molar-refractivity contribution < 1.29 is 22.8 Å². The van der Waals surface area contributed by atoms with Crippen molar-refractivity contribution in [2.75, 3.05) is 17.7 Å². The van der Waals surface area contributed by atoms with Gasteiger partial charge in [-0.05, 0) is 36.4 Å². The molecule has 0 aliphatic carbocycles. The SMILES string of the molecule is CN(Cc1cnccn1)C(=O)Nc1cccc(C(=O)Nc2cccc(C(F)(F)F)c2)c1. The summed E-state index contributed by atoms with van der Waals surface area (Å²) < 4.78 is 38.5. The molecule has 0 aliphatic rings. The third kappa shape index (κ3) is 6.01. The van der Waals surface area contributed by atoms with Crippen LogP contribution in [0.25, 0.3) is 0 Å². The number of rotatable bonds is 5. The lowest BCUT2D eigenvalue weighted by molar-refractivity contribution is -0.137. The van der Waals surface area contributed by atoms with Crippen LogP contribution in [0.15, 0.2) is 67.1 Å². The summed E-state index contributed by atoms with van der Waals surface area (Å²) in [5.41, 5.74) is 0.282. The van der Waals surface area contributed by atoms with Gasteiger partial charge in [0.15, 0.2) is 0 Å². The Bertz CT molecular complexity index is 1070. The summed E-state index contributed by atoms with van der Waals surface area (Å²) in [6.45, 7) is 0.232. The van der Waals surface area contributed by atoms with Crippen LogP contribution in [0.3, 0.4) is 0 Å².